The summed E-state index contributed by atoms with van der Waals surface area (Å²) in [5.74, 6) is 0.605. The number of rotatable bonds is 6. The lowest BCUT2D eigenvalue weighted by molar-refractivity contribution is -0.131. The third-order valence-electron chi connectivity index (χ3n) is 4.76. The highest BCUT2D eigenvalue weighted by Crippen LogP contribution is 2.31. The van der Waals surface area contributed by atoms with E-state index in [9.17, 15) is 14.0 Å². The molecule has 0 N–H and O–H groups in total. The first kappa shape index (κ1) is 18.9. The minimum atomic E-state index is -0.315. The Hall–Kier alpha value is -2.89. The van der Waals surface area contributed by atoms with Gasteiger partial charge in [0.2, 0.25) is 5.91 Å². The SMILES string of the molecule is C[C@@H](c1ccc(F)cc1)N(C)C(=O)CCC(=O)c1ccc2c(c1)OCCO2. The Bertz CT molecular complexity index is 835. The van der Waals surface area contributed by atoms with Crippen molar-refractivity contribution in [1.29, 1.82) is 0 Å². The number of nitrogens with zero attached hydrogens (tertiary/aromatic N) is 1. The van der Waals surface area contributed by atoms with Crippen LogP contribution in [0.3, 0.4) is 0 Å². The van der Waals surface area contributed by atoms with Crippen LogP contribution in [0.5, 0.6) is 11.5 Å². The summed E-state index contributed by atoms with van der Waals surface area (Å²) in [5, 5.41) is 0. The van der Waals surface area contributed by atoms with Gasteiger partial charge >= 0.3 is 0 Å². The number of Topliss-reactive ketones (excluding diaryl/α,β-unsaturated/α-hetero) is 1. The molecule has 0 spiro atoms. The largest absolute Gasteiger partial charge is 0.486 e. The molecule has 2 aromatic rings. The third kappa shape index (κ3) is 4.45. The average molecular weight is 371 g/mol. The van der Waals surface area contributed by atoms with Crippen LogP contribution in [0.25, 0.3) is 0 Å². The van der Waals surface area contributed by atoms with E-state index in [0.29, 0.717) is 30.3 Å². The van der Waals surface area contributed by atoms with E-state index >= 15 is 0 Å². The van der Waals surface area contributed by atoms with E-state index in [-0.39, 0.29) is 36.4 Å². The van der Waals surface area contributed by atoms with Gasteiger partial charge in [0.25, 0.3) is 0 Å². The number of carbonyl (C=O) groups excluding carboxylic acids is 2. The normalized spacial score (nSPS) is 13.7. The summed E-state index contributed by atoms with van der Waals surface area (Å²) >= 11 is 0. The van der Waals surface area contributed by atoms with Crippen molar-refractivity contribution in [1.82, 2.24) is 4.90 Å². The summed E-state index contributed by atoms with van der Waals surface area (Å²) in [6, 6.07) is 10.9. The van der Waals surface area contributed by atoms with Crippen molar-refractivity contribution < 1.29 is 23.5 Å². The molecule has 1 amide bonds. The van der Waals surface area contributed by atoms with Crippen LogP contribution in [0, 0.1) is 5.82 Å². The molecule has 0 unspecified atom stereocenters. The lowest BCUT2D eigenvalue weighted by Crippen LogP contribution is -2.29. The molecule has 3 rings (SSSR count). The fraction of sp³-hybridized carbons (Fsp3) is 0.333. The molecule has 0 radical (unpaired) electrons. The van der Waals surface area contributed by atoms with E-state index in [0.717, 1.165) is 5.56 Å². The molecule has 0 aromatic heterocycles. The van der Waals surface area contributed by atoms with E-state index in [2.05, 4.69) is 0 Å². The van der Waals surface area contributed by atoms with Crippen LogP contribution in [0.1, 0.15) is 41.7 Å². The van der Waals surface area contributed by atoms with Crippen LogP contribution in [-0.4, -0.2) is 36.9 Å². The molecule has 142 valence electrons. The first-order valence-electron chi connectivity index (χ1n) is 8.89. The molecule has 1 aliphatic heterocycles. The monoisotopic (exact) mass is 371 g/mol. The first-order chi connectivity index (χ1) is 13.0. The quantitative estimate of drug-likeness (QED) is 0.725. The molecule has 5 nitrogen and oxygen atoms in total. The molecule has 2 aromatic carbocycles. The minimum absolute atomic E-state index is 0.106. The molecule has 1 atom stereocenters. The summed E-state index contributed by atoms with van der Waals surface area (Å²) in [4.78, 5) is 26.4. The van der Waals surface area contributed by atoms with Gasteiger partial charge in [0.05, 0.1) is 6.04 Å². The van der Waals surface area contributed by atoms with Gasteiger partial charge in [-0.25, -0.2) is 4.39 Å². The highest BCUT2D eigenvalue weighted by Gasteiger charge is 2.20. The molecule has 1 heterocycles. The summed E-state index contributed by atoms with van der Waals surface area (Å²) in [6.45, 7) is 2.82. The maximum absolute atomic E-state index is 13.1. The van der Waals surface area contributed by atoms with Gasteiger partial charge in [-0.2, -0.15) is 0 Å². The maximum atomic E-state index is 13.1. The fourth-order valence-corrected chi connectivity index (χ4v) is 2.94. The van der Waals surface area contributed by atoms with E-state index in [1.807, 2.05) is 6.92 Å². The van der Waals surface area contributed by atoms with Crippen molar-refractivity contribution in [3.05, 3.63) is 59.4 Å². The molecule has 0 saturated carbocycles. The molecule has 0 aliphatic carbocycles. The number of hydrogen-bond acceptors (Lipinski definition) is 4. The number of amides is 1. The molecular formula is C21H22FNO4. The zero-order valence-electron chi connectivity index (χ0n) is 15.4. The Labute approximate surface area is 157 Å². The average Bonchev–Trinajstić information content (AvgIpc) is 2.70. The second-order valence-electron chi connectivity index (χ2n) is 6.51. The molecule has 0 fully saturated rings. The van der Waals surface area contributed by atoms with E-state index in [1.54, 1.807) is 42.3 Å². The Morgan fingerprint density at radius 3 is 2.41 bits per heavy atom. The van der Waals surface area contributed by atoms with Crippen LogP contribution in [0.4, 0.5) is 4.39 Å². The third-order valence-corrected chi connectivity index (χ3v) is 4.76. The van der Waals surface area contributed by atoms with Gasteiger partial charge in [0.15, 0.2) is 17.3 Å². The Balaban J connectivity index is 1.57. The lowest BCUT2D eigenvalue weighted by Gasteiger charge is -2.25. The zero-order chi connectivity index (χ0) is 19.4. The number of hydrogen-bond donors (Lipinski definition) is 0. The number of halogens is 1. The first-order valence-corrected chi connectivity index (χ1v) is 8.89. The van der Waals surface area contributed by atoms with Crippen molar-refractivity contribution in [2.24, 2.45) is 0 Å². The fourth-order valence-electron chi connectivity index (χ4n) is 2.94. The van der Waals surface area contributed by atoms with Crippen molar-refractivity contribution in [3.8, 4) is 11.5 Å². The van der Waals surface area contributed by atoms with Crippen molar-refractivity contribution in [3.63, 3.8) is 0 Å². The standard InChI is InChI=1S/C21H22FNO4/c1-14(15-3-6-17(22)7-4-15)23(2)21(25)10-8-18(24)16-5-9-19-20(13-16)27-12-11-26-19/h3-7,9,13-14H,8,10-12H2,1-2H3/t14-/m0/s1. The summed E-state index contributed by atoms with van der Waals surface area (Å²) in [7, 11) is 1.69. The van der Waals surface area contributed by atoms with Crippen molar-refractivity contribution in [2.75, 3.05) is 20.3 Å². The Morgan fingerprint density at radius 2 is 1.70 bits per heavy atom. The number of benzene rings is 2. The van der Waals surface area contributed by atoms with E-state index in [1.165, 1.54) is 12.1 Å². The number of ether oxygens (including phenoxy) is 2. The van der Waals surface area contributed by atoms with Crippen LogP contribution in [-0.2, 0) is 4.79 Å². The van der Waals surface area contributed by atoms with E-state index in [4.69, 9.17) is 9.47 Å². The second-order valence-corrected chi connectivity index (χ2v) is 6.51. The van der Waals surface area contributed by atoms with Crippen molar-refractivity contribution >= 4 is 11.7 Å². The Morgan fingerprint density at radius 1 is 1.04 bits per heavy atom. The molecule has 0 bridgehead atoms. The summed E-state index contributed by atoms with van der Waals surface area (Å²) in [6.07, 6.45) is 0.217. The van der Waals surface area contributed by atoms with E-state index < -0.39 is 0 Å². The van der Waals surface area contributed by atoms with Gasteiger partial charge in [-0.15, -0.1) is 0 Å². The van der Waals surface area contributed by atoms with Gasteiger partial charge in [0, 0.05) is 25.5 Å². The van der Waals surface area contributed by atoms with Crippen LogP contribution in [0.2, 0.25) is 0 Å². The Kier molecular flexibility index (Phi) is 5.74. The number of fused-ring (bicyclic) bond motifs is 1. The summed E-state index contributed by atoms with van der Waals surface area (Å²) in [5.41, 5.74) is 1.34. The van der Waals surface area contributed by atoms with Gasteiger partial charge in [-0.3, -0.25) is 9.59 Å². The number of carbonyl (C=O) groups is 2. The second kappa shape index (κ2) is 8.20. The molecular weight excluding hydrogens is 349 g/mol. The van der Waals surface area contributed by atoms with Crippen LogP contribution in [0.15, 0.2) is 42.5 Å². The highest BCUT2D eigenvalue weighted by atomic mass is 19.1. The summed E-state index contributed by atoms with van der Waals surface area (Å²) < 4.78 is 24.0. The predicted molar refractivity (Wildman–Crippen MR) is 98.6 cm³/mol. The topological polar surface area (TPSA) is 55.8 Å². The zero-order valence-corrected chi connectivity index (χ0v) is 15.4. The van der Waals surface area contributed by atoms with Crippen LogP contribution >= 0.6 is 0 Å². The smallest absolute Gasteiger partial charge is 0.223 e. The predicted octanol–water partition coefficient (Wildman–Crippen LogP) is 3.78. The number of ketones is 1. The van der Waals surface area contributed by atoms with Gasteiger partial charge < -0.3 is 14.4 Å². The molecule has 6 heteroatoms. The molecule has 1 aliphatic rings. The molecule has 0 saturated heterocycles. The minimum Gasteiger partial charge on any atom is -0.486 e. The van der Waals surface area contributed by atoms with Gasteiger partial charge in [-0.05, 0) is 42.8 Å². The maximum Gasteiger partial charge on any atom is 0.223 e. The van der Waals surface area contributed by atoms with Gasteiger partial charge in [-0.1, -0.05) is 12.1 Å². The highest BCUT2D eigenvalue weighted by molar-refractivity contribution is 5.98. The lowest BCUT2D eigenvalue weighted by atomic mass is 10.0. The van der Waals surface area contributed by atoms with Gasteiger partial charge in [0.1, 0.15) is 19.0 Å². The van der Waals surface area contributed by atoms with Crippen LogP contribution < -0.4 is 9.47 Å². The molecule has 27 heavy (non-hydrogen) atoms. The van der Waals surface area contributed by atoms with Crippen molar-refractivity contribution in [2.45, 2.75) is 25.8 Å².